The van der Waals surface area contributed by atoms with Gasteiger partial charge in [0.1, 0.15) is 0 Å². The van der Waals surface area contributed by atoms with Gasteiger partial charge in [-0.25, -0.2) is 5.43 Å². The molecule has 0 saturated heterocycles. The van der Waals surface area contributed by atoms with Crippen LogP contribution in [0.5, 0.6) is 0 Å². The maximum atomic E-state index is 5.74. The van der Waals surface area contributed by atoms with Crippen molar-refractivity contribution in [2.24, 2.45) is 5.92 Å². The highest BCUT2D eigenvalue weighted by Gasteiger charge is 2.05. The maximum Gasteiger partial charge on any atom is 0.0974 e. The summed E-state index contributed by atoms with van der Waals surface area (Å²) in [6.45, 7) is 4.12. The Morgan fingerprint density at radius 1 is 1.38 bits per heavy atom. The van der Waals surface area contributed by atoms with Gasteiger partial charge in [0.15, 0.2) is 0 Å². The highest BCUT2D eigenvalue weighted by Crippen LogP contribution is 2.03. The second kappa shape index (κ2) is 4.13. The average Bonchev–Trinajstić information content (AvgIpc) is 1.67. The van der Waals surface area contributed by atoms with Gasteiger partial charge in [-0.3, -0.25) is 5.43 Å². The van der Waals surface area contributed by atoms with Crippen molar-refractivity contribution in [3.63, 3.8) is 0 Å². The van der Waals surface area contributed by atoms with Crippen molar-refractivity contribution in [1.82, 2.24) is 10.9 Å². The molecule has 0 aliphatic rings. The number of alkyl halides is 1. The monoisotopic (exact) mass is 136 g/mol. The summed E-state index contributed by atoms with van der Waals surface area (Å²) in [5.74, 6) is 0.462. The molecule has 0 aromatic carbocycles. The van der Waals surface area contributed by atoms with Crippen molar-refractivity contribution >= 4 is 11.6 Å². The van der Waals surface area contributed by atoms with Gasteiger partial charge in [0, 0.05) is 0 Å². The summed E-state index contributed by atoms with van der Waals surface area (Å²) in [6, 6.07) is 0. The highest BCUT2D eigenvalue weighted by molar-refractivity contribution is 6.20. The van der Waals surface area contributed by atoms with Gasteiger partial charge in [-0.1, -0.05) is 13.8 Å². The van der Waals surface area contributed by atoms with Gasteiger partial charge in [0.2, 0.25) is 0 Å². The summed E-state index contributed by atoms with van der Waals surface area (Å²) in [6.07, 6.45) is 0. The van der Waals surface area contributed by atoms with E-state index >= 15 is 0 Å². The Balaban J connectivity index is 3.17. The molecule has 0 radical (unpaired) electrons. The van der Waals surface area contributed by atoms with E-state index in [1.807, 2.05) is 0 Å². The van der Waals surface area contributed by atoms with E-state index in [4.69, 9.17) is 11.6 Å². The zero-order valence-corrected chi connectivity index (χ0v) is 6.29. The van der Waals surface area contributed by atoms with E-state index in [2.05, 4.69) is 24.7 Å². The third kappa shape index (κ3) is 3.24. The molecule has 0 spiro atoms. The molecule has 2 nitrogen and oxygen atoms in total. The number of halogens is 1. The first-order chi connectivity index (χ1) is 3.68. The third-order valence-electron chi connectivity index (χ3n) is 0.868. The molecule has 0 aromatic heterocycles. The SMILES string of the molecule is CNNC(Cl)C(C)C. The van der Waals surface area contributed by atoms with E-state index in [1.54, 1.807) is 7.05 Å². The van der Waals surface area contributed by atoms with Gasteiger partial charge in [-0.15, -0.1) is 11.6 Å². The Kier molecular flexibility index (Phi) is 4.23. The highest BCUT2D eigenvalue weighted by atomic mass is 35.5. The van der Waals surface area contributed by atoms with Crippen LogP contribution >= 0.6 is 11.6 Å². The topological polar surface area (TPSA) is 24.1 Å². The molecule has 1 atom stereocenters. The van der Waals surface area contributed by atoms with Crippen molar-refractivity contribution in [1.29, 1.82) is 0 Å². The van der Waals surface area contributed by atoms with Crippen molar-refractivity contribution in [3.8, 4) is 0 Å². The zero-order chi connectivity index (χ0) is 6.57. The van der Waals surface area contributed by atoms with E-state index < -0.39 is 0 Å². The second-order valence-electron chi connectivity index (χ2n) is 2.04. The summed E-state index contributed by atoms with van der Waals surface area (Å²) >= 11 is 5.74. The van der Waals surface area contributed by atoms with Crippen molar-refractivity contribution in [3.05, 3.63) is 0 Å². The molecule has 2 N–H and O–H groups in total. The fraction of sp³-hybridized carbons (Fsp3) is 1.00. The molecule has 0 rings (SSSR count). The molecule has 0 aliphatic carbocycles. The van der Waals surface area contributed by atoms with Crippen LogP contribution in [-0.2, 0) is 0 Å². The predicted molar refractivity (Wildman–Crippen MR) is 36.7 cm³/mol. The molecule has 0 saturated carbocycles. The maximum absolute atomic E-state index is 5.74. The summed E-state index contributed by atoms with van der Waals surface area (Å²) in [7, 11) is 1.80. The van der Waals surface area contributed by atoms with E-state index in [0.717, 1.165) is 0 Å². The Hall–Kier alpha value is 0.210. The first-order valence-electron chi connectivity index (χ1n) is 2.74. The van der Waals surface area contributed by atoms with Gasteiger partial charge < -0.3 is 0 Å². The molecule has 3 heteroatoms. The molecule has 0 aliphatic heterocycles. The summed E-state index contributed by atoms with van der Waals surface area (Å²) in [4.78, 5) is 0. The molecule has 0 heterocycles. The fourth-order valence-corrected chi connectivity index (χ4v) is 0.414. The third-order valence-corrected chi connectivity index (χ3v) is 1.48. The Morgan fingerprint density at radius 3 is 2.00 bits per heavy atom. The Morgan fingerprint density at radius 2 is 1.88 bits per heavy atom. The lowest BCUT2D eigenvalue weighted by molar-refractivity contribution is 0.462. The van der Waals surface area contributed by atoms with Crippen LogP contribution in [0.4, 0.5) is 0 Å². The first kappa shape index (κ1) is 8.21. The van der Waals surface area contributed by atoms with Crippen LogP contribution in [-0.4, -0.2) is 12.5 Å². The molecule has 0 amide bonds. The Labute approximate surface area is 55.6 Å². The van der Waals surface area contributed by atoms with Gasteiger partial charge in [0.05, 0.1) is 5.50 Å². The van der Waals surface area contributed by atoms with E-state index in [-0.39, 0.29) is 5.50 Å². The fourth-order valence-electron chi connectivity index (χ4n) is 0.305. The number of rotatable bonds is 3. The molecular formula is C5H13ClN2. The predicted octanol–water partition coefficient (Wildman–Crippen LogP) is 0.931. The molecule has 0 fully saturated rings. The van der Waals surface area contributed by atoms with Crippen molar-refractivity contribution in [2.75, 3.05) is 7.05 Å². The molecule has 0 aromatic rings. The lowest BCUT2D eigenvalue weighted by Crippen LogP contribution is -2.37. The van der Waals surface area contributed by atoms with Crippen LogP contribution in [0, 0.1) is 5.92 Å². The van der Waals surface area contributed by atoms with Crippen LogP contribution in [0.15, 0.2) is 0 Å². The number of nitrogens with one attached hydrogen (secondary N) is 2. The normalized spacial score (nSPS) is 14.6. The summed E-state index contributed by atoms with van der Waals surface area (Å²) in [5, 5.41) is 0. The Bertz CT molecular complexity index is 56.4. The van der Waals surface area contributed by atoms with Crippen molar-refractivity contribution < 1.29 is 0 Å². The van der Waals surface area contributed by atoms with E-state index in [1.165, 1.54) is 0 Å². The van der Waals surface area contributed by atoms with Crippen LogP contribution in [0.25, 0.3) is 0 Å². The smallest absolute Gasteiger partial charge is 0.0974 e. The van der Waals surface area contributed by atoms with E-state index in [9.17, 15) is 0 Å². The number of hydrogen-bond donors (Lipinski definition) is 2. The minimum Gasteiger partial charge on any atom is -0.260 e. The van der Waals surface area contributed by atoms with Crippen molar-refractivity contribution in [2.45, 2.75) is 19.3 Å². The first-order valence-corrected chi connectivity index (χ1v) is 3.18. The number of hydrogen-bond acceptors (Lipinski definition) is 2. The lowest BCUT2D eigenvalue weighted by atomic mass is 10.2. The minimum absolute atomic E-state index is 0.0278. The average molecular weight is 137 g/mol. The van der Waals surface area contributed by atoms with E-state index in [0.29, 0.717) is 5.92 Å². The van der Waals surface area contributed by atoms with Gasteiger partial charge in [0.25, 0.3) is 0 Å². The summed E-state index contributed by atoms with van der Waals surface area (Å²) in [5.41, 5.74) is 5.65. The molecule has 1 unspecified atom stereocenters. The van der Waals surface area contributed by atoms with Crippen LogP contribution < -0.4 is 10.9 Å². The lowest BCUT2D eigenvalue weighted by Gasteiger charge is -2.13. The minimum atomic E-state index is 0.0278. The van der Waals surface area contributed by atoms with Gasteiger partial charge >= 0.3 is 0 Å². The van der Waals surface area contributed by atoms with Crippen LogP contribution in [0.3, 0.4) is 0 Å². The summed E-state index contributed by atoms with van der Waals surface area (Å²) < 4.78 is 0. The quantitative estimate of drug-likeness (QED) is 0.343. The molecule has 8 heavy (non-hydrogen) atoms. The van der Waals surface area contributed by atoms with Gasteiger partial charge in [-0.2, -0.15) is 0 Å². The molecule has 50 valence electrons. The van der Waals surface area contributed by atoms with Gasteiger partial charge in [-0.05, 0) is 13.0 Å². The largest absolute Gasteiger partial charge is 0.260 e. The van der Waals surface area contributed by atoms with Crippen LogP contribution in [0.2, 0.25) is 0 Å². The molecular weight excluding hydrogens is 124 g/mol. The second-order valence-corrected chi connectivity index (χ2v) is 2.51. The zero-order valence-electron chi connectivity index (χ0n) is 5.53. The standard InChI is InChI=1S/C5H13ClN2/c1-4(2)5(6)8-7-3/h4-5,7-8H,1-3H3. The van der Waals surface area contributed by atoms with Crippen LogP contribution in [0.1, 0.15) is 13.8 Å². The molecule has 0 bridgehead atoms. The number of hydrazine groups is 1.